The third-order valence-electron chi connectivity index (χ3n) is 2.85. The van der Waals surface area contributed by atoms with Gasteiger partial charge in [-0.1, -0.05) is 17.3 Å². The van der Waals surface area contributed by atoms with Gasteiger partial charge >= 0.3 is 5.97 Å². The SMILES string of the molecule is COC(=O)CNC(=O)c1cc(COc2ccccc2SC)on1. The Balaban J connectivity index is 1.92. The number of hydrogen-bond acceptors (Lipinski definition) is 7. The maximum absolute atomic E-state index is 11.8. The third-order valence-corrected chi connectivity index (χ3v) is 3.63. The van der Waals surface area contributed by atoms with Crippen molar-refractivity contribution in [3.63, 3.8) is 0 Å². The van der Waals surface area contributed by atoms with Gasteiger partial charge in [-0.15, -0.1) is 11.8 Å². The van der Waals surface area contributed by atoms with E-state index in [1.165, 1.54) is 13.2 Å². The van der Waals surface area contributed by atoms with Crippen LogP contribution < -0.4 is 10.1 Å². The van der Waals surface area contributed by atoms with Crippen LogP contribution in [0.5, 0.6) is 5.75 Å². The second-order valence-electron chi connectivity index (χ2n) is 4.38. The number of esters is 1. The van der Waals surface area contributed by atoms with Crippen LogP contribution in [-0.2, 0) is 16.1 Å². The minimum absolute atomic E-state index is 0.0747. The topological polar surface area (TPSA) is 90.7 Å². The number of rotatable bonds is 7. The van der Waals surface area contributed by atoms with Crippen LogP contribution in [0.15, 0.2) is 39.8 Å². The number of aromatic nitrogens is 1. The number of ether oxygens (including phenoxy) is 2. The summed E-state index contributed by atoms with van der Waals surface area (Å²) in [5, 5.41) is 6.03. The molecule has 7 nitrogen and oxygen atoms in total. The van der Waals surface area contributed by atoms with Gasteiger partial charge in [0.2, 0.25) is 0 Å². The van der Waals surface area contributed by atoms with E-state index in [1.807, 2.05) is 30.5 Å². The standard InChI is InChI=1S/C15H16N2O5S/c1-20-14(18)8-16-15(19)11-7-10(22-17-11)9-21-12-5-3-4-6-13(12)23-2/h3-7H,8-9H2,1-2H3,(H,16,19). The van der Waals surface area contributed by atoms with Gasteiger partial charge in [0.15, 0.2) is 11.5 Å². The van der Waals surface area contributed by atoms with Gasteiger partial charge in [0.25, 0.3) is 5.91 Å². The van der Waals surface area contributed by atoms with E-state index in [1.54, 1.807) is 11.8 Å². The van der Waals surface area contributed by atoms with Gasteiger partial charge in [-0.25, -0.2) is 0 Å². The first-order valence-electron chi connectivity index (χ1n) is 6.70. The van der Waals surface area contributed by atoms with Crippen molar-refractivity contribution in [3.05, 3.63) is 41.8 Å². The number of methoxy groups -OCH3 is 1. The van der Waals surface area contributed by atoms with E-state index < -0.39 is 11.9 Å². The van der Waals surface area contributed by atoms with Crippen LogP contribution >= 0.6 is 11.8 Å². The van der Waals surface area contributed by atoms with Crippen molar-refractivity contribution in [2.75, 3.05) is 19.9 Å². The summed E-state index contributed by atoms with van der Waals surface area (Å²) in [7, 11) is 1.24. The van der Waals surface area contributed by atoms with Crippen molar-refractivity contribution in [2.24, 2.45) is 0 Å². The second kappa shape index (κ2) is 8.23. The largest absolute Gasteiger partial charge is 0.484 e. The fraction of sp³-hybridized carbons (Fsp3) is 0.267. The quantitative estimate of drug-likeness (QED) is 0.610. The zero-order valence-electron chi connectivity index (χ0n) is 12.7. The number of carbonyl (C=O) groups excluding carboxylic acids is 2. The molecule has 0 atom stereocenters. The van der Waals surface area contributed by atoms with Crippen molar-refractivity contribution in [3.8, 4) is 5.75 Å². The highest BCUT2D eigenvalue weighted by Gasteiger charge is 2.14. The number of hydrogen-bond donors (Lipinski definition) is 1. The molecule has 8 heteroatoms. The zero-order valence-corrected chi connectivity index (χ0v) is 13.5. The van der Waals surface area contributed by atoms with E-state index in [0.717, 1.165) is 10.6 Å². The molecule has 0 aliphatic carbocycles. The molecular formula is C15H16N2O5S. The molecule has 0 saturated carbocycles. The van der Waals surface area contributed by atoms with Gasteiger partial charge in [0.05, 0.1) is 7.11 Å². The molecule has 122 valence electrons. The van der Waals surface area contributed by atoms with Gasteiger partial charge < -0.3 is 19.3 Å². The summed E-state index contributed by atoms with van der Waals surface area (Å²) < 4.78 is 15.1. The molecule has 0 saturated heterocycles. The lowest BCUT2D eigenvalue weighted by atomic mass is 10.3. The lowest BCUT2D eigenvalue weighted by Crippen LogP contribution is -2.30. The molecule has 1 N–H and O–H groups in total. The number of amides is 1. The van der Waals surface area contributed by atoms with E-state index in [9.17, 15) is 9.59 Å². The summed E-state index contributed by atoms with van der Waals surface area (Å²) in [6.45, 7) is -0.0794. The molecule has 1 aromatic heterocycles. The van der Waals surface area contributed by atoms with Crippen LogP contribution in [0.2, 0.25) is 0 Å². The van der Waals surface area contributed by atoms with E-state index in [0.29, 0.717) is 5.76 Å². The van der Waals surface area contributed by atoms with Crippen molar-refractivity contribution >= 4 is 23.6 Å². The summed E-state index contributed by atoms with van der Waals surface area (Å²) in [6.07, 6.45) is 1.96. The molecule has 0 fully saturated rings. The summed E-state index contributed by atoms with van der Waals surface area (Å²) >= 11 is 1.57. The molecule has 1 aromatic carbocycles. The molecule has 0 spiro atoms. The first-order chi connectivity index (χ1) is 11.1. The molecule has 0 unspecified atom stereocenters. The molecule has 23 heavy (non-hydrogen) atoms. The number of nitrogens with zero attached hydrogens (tertiary/aromatic N) is 1. The van der Waals surface area contributed by atoms with Crippen LogP contribution in [0.1, 0.15) is 16.2 Å². The zero-order chi connectivity index (χ0) is 16.7. The summed E-state index contributed by atoms with van der Waals surface area (Å²) in [4.78, 5) is 23.7. The van der Waals surface area contributed by atoms with Crippen molar-refractivity contribution < 1.29 is 23.6 Å². The van der Waals surface area contributed by atoms with Gasteiger partial charge in [0.1, 0.15) is 18.9 Å². The number of para-hydroxylation sites is 1. The van der Waals surface area contributed by atoms with Crippen molar-refractivity contribution in [1.82, 2.24) is 10.5 Å². The fourth-order valence-corrected chi connectivity index (χ4v) is 2.23. The molecule has 0 bridgehead atoms. The Morgan fingerprint density at radius 1 is 1.35 bits per heavy atom. The third kappa shape index (κ3) is 4.75. The highest BCUT2D eigenvalue weighted by molar-refractivity contribution is 7.98. The van der Waals surface area contributed by atoms with E-state index in [-0.39, 0.29) is 18.8 Å². The first kappa shape index (κ1) is 16.9. The molecule has 2 rings (SSSR count). The summed E-state index contributed by atoms with van der Waals surface area (Å²) in [6, 6.07) is 9.07. The Morgan fingerprint density at radius 3 is 2.87 bits per heavy atom. The highest BCUT2D eigenvalue weighted by atomic mass is 32.2. The number of carbonyl (C=O) groups is 2. The van der Waals surface area contributed by atoms with Gasteiger partial charge in [-0.05, 0) is 18.4 Å². The van der Waals surface area contributed by atoms with Crippen LogP contribution in [0, 0.1) is 0 Å². The first-order valence-corrected chi connectivity index (χ1v) is 7.93. The molecule has 0 aliphatic rings. The number of thioether (sulfide) groups is 1. The Bertz CT molecular complexity index is 686. The van der Waals surface area contributed by atoms with E-state index in [2.05, 4.69) is 15.2 Å². The van der Waals surface area contributed by atoms with Crippen LogP contribution in [0.25, 0.3) is 0 Å². The predicted octanol–water partition coefficient (Wildman–Crippen LogP) is 1.88. The van der Waals surface area contributed by atoms with Crippen LogP contribution in [0.3, 0.4) is 0 Å². The van der Waals surface area contributed by atoms with E-state index in [4.69, 9.17) is 9.26 Å². The lowest BCUT2D eigenvalue weighted by molar-refractivity contribution is -0.139. The maximum atomic E-state index is 11.8. The average molecular weight is 336 g/mol. The van der Waals surface area contributed by atoms with Crippen molar-refractivity contribution in [2.45, 2.75) is 11.5 Å². The Labute approximate surface area is 137 Å². The Kier molecular flexibility index (Phi) is 6.04. The van der Waals surface area contributed by atoms with Gasteiger partial charge in [-0.3, -0.25) is 9.59 Å². The lowest BCUT2D eigenvalue weighted by Gasteiger charge is -2.07. The Morgan fingerprint density at radius 2 is 2.13 bits per heavy atom. The molecule has 2 aromatic rings. The highest BCUT2D eigenvalue weighted by Crippen LogP contribution is 2.27. The number of benzene rings is 1. The van der Waals surface area contributed by atoms with Crippen LogP contribution in [0.4, 0.5) is 0 Å². The number of nitrogens with one attached hydrogen (secondary N) is 1. The fourth-order valence-electron chi connectivity index (χ4n) is 1.69. The molecule has 0 radical (unpaired) electrons. The minimum atomic E-state index is -0.543. The van der Waals surface area contributed by atoms with Crippen molar-refractivity contribution in [1.29, 1.82) is 0 Å². The van der Waals surface area contributed by atoms with Gasteiger partial charge in [0, 0.05) is 11.0 Å². The molecule has 1 amide bonds. The van der Waals surface area contributed by atoms with E-state index >= 15 is 0 Å². The normalized spacial score (nSPS) is 10.2. The molecular weight excluding hydrogens is 320 g/mol. The molecule has 1 heterocycles. The van der Waals surface area contributed by atoms with Crippen LogP contribution in [-0.4, -0.2) is 36.9 Å². The summed E-state index contributed by atoms with van der Waals surface area (Å²) in [5.74, 6) is 0.0752. The molecule has 0 aliphatic heterocycles. The predicted molar refractivity (Wildman–Crippen MR) is 83.4 cm³/mol. The maximum Gasteiger partial charge on any atom is 0.325 e. The minimum Gasteiger partial charge on any atom is -0.484 e. The Hall–Kier alpha value is -2.48. The van der Waals surface area contributed by atoms with Gasteiger partial charge in [-0.2, -0.15) is 0 Å². The monoisotopic (exact) mass is 336 g/mol. The average Bonchev–Trinajstić information content (AvgIpc) is 3.06. The summed E-state index contributed by atoms with van der Waals surface area (Å²) in [5.41, 5.74) is 0.0747. The smallest absolute Gasteiger partial charge is 0.325 e. The second-order valence-corrected chi connectivity index (χ2v) is 5.22.